The van der Waals surface area contributed by atoms with Crippen LogP contribution in [0.15, 0.2) is 72.8 Å². The Labute approximate surface area is 173 Å². The number of carbonyl (C=O) groups excluding carboxylic acids is 1. The van der Waals surface area contributed by atoms with Crippen LogP contribution < -0.4 is 19.5 Å². The van der Waals surface area contributed by atoms with Gasteiger partial charge < -0.3 is 19.5 Å². The van der Waals surface area contributed by atoms with E-state index in [1.54, 1.807) is 0 Å². The molecule has 5 nitrogen and oxygen atoms in total. The Morgan fingerprint density at radius 2 is 1.70 bits per heavy atom. The second-order valence-corrected chi connectivity index (χ2v) is 6.35. The molecule has 7 heteroatoms. The molecule has 0 aliphatic carbocycles. The highest BCUT2D eigenvalue weighted by Crippen LogP contribution is 2.29. The van der Waals surface area contributed by atoms with Crippen LogP contribution in [-0.2, 0) is 13.2 Å². The van der Waals surface area contributed by atoms with Gasteiger partial charge in [0.1, 0.15) is 12.4 Å². The molecule has 0 aliphatic rings. The first-order valence-corrected chi connectivity index (χ1v) is 9.22. The zero-order valence-electron chi connectivity index (χ0n) is 16.3. The summed E-state index contributed by atoms with van der Waals surface area (Å²) in [5.74, 6) is 0.250. The van der Waals surface area contributed by atoms with Gasteiger partial charge in [-0.3, -0.25) is 4.79 Å². The number of hydrogen-bond acceptors (Lipinski definition) is 4. The standard InChI is InChI=1S/C23H21F2NO4/c1-28-21-13-18(10-11-20(21)30-23(24)25)22(27)26-14-17-8-5-9-19(12-17)29-15-16-6-3-2-4-7-16/h2-13,23H,14-15H2,1H3,(H,26,27). The molecule has 0 aliphatic heterocycles. The summed E-state index contributed by atoms with van der Waals surface area (Å²) < 4.78 is 40.0. The van der Waals surface area contributed by atoms with Gasteiger partial charge in [-0.2, -0.15) is 8.78 Å². The van der Waals surface area contributed by atoms with Gasteiger partial charge >= 0.3 is 6.61 Å². The molecule has 0 atom stereocenters. The van der Waals surface area contributed by atoms with E-state index in [9.17, 15) is 13.6 Å². The van der Waals surface area contributed by atoms with Crippen LogP contribution >= 0.6 is 0 Å². The Bertz CT molecular complexity index is 980. The van der Waals surface area contributed by atoms with Gasteiger partial charge in [0, 0.05) is 12.1 Å². The summed E-state index contributed by atoms with van der Waals surface area (Å²) in [6.45, 7) is -2.25. The second kappa shape index (κ2) is 10.2. The predicted octanol–water partition coefficient (Wildman–Crippen LogP) is 4.81. The summed E-state index contributed by atoms with van der Waals surface area (Å²) in [5, 5.41) is 2.79. The van der Waals surface area contributed by atoms with E-state index in [2.05, 4.69) is 10.1 Å². The summed E-state index contributed by atoms with van der Waals surface area (Å²) in [6, 6.07) is 21.3. The minimum atomic E-state index is -2.98. The lowest BCUT2D eigenvalue weighted by molar-refractivity contribution is -0.0512. The van der Waals surface area contributed by atoms with Gasteiger partial charge in [0.05, 0.1) is 7.11 Å². The maximum absolute atomic E-state index is 12.4. The average Bonchev–Trinajstić information content (AvgIpc) is 2.77. The monoisotopic (exact) mass is 413 g/mol. The van der Waals surface area contributed by atoms with Crippen molar-refractivity contribution in [3.63, 3.8) is 0 Å². The van der Waals surface area contributed by atoms with Crippen molar-refractivity contribution in [2.75, 3.05) is 7.11 Å². The van der Waals surface area contributed by atoms with Gasteiger partial charge in [0.15, 0.2) is 11.5 Å². The van der Waals surface area contributed by atoms with Crippen LogP contribution in [0.5, 0.6) is 17.2 Å². The largest absolute Gasteiger partial charge is 0.493 e. The van der Waals surface area contributed by atoms with Crippen LogP contribution in [-0.4, -0.2) is 19.6 Å². The molecule has 0 radical (unpaired) electrons. The first-order valence-electron chi connectivity index (χ1n) is 9.22. The number of carbonyl (C=O) groups is 1. The van der Waals surface area contributed by atoms with Gasteiger partial charge in [-0.15, -0.1) is 0 Å². The highest BCUT2D eigenvalue weighted by molar-refractivity contribution is 5.94. The third-order valence-corrected chi connectivity index (χ3v) is 4.24. The van der Waals surface area contributed by atoms with E-state index in [1.807, 2.05) is 54.6 Å². The summed E-state index contributed by atoms with van der Waals surface area (Å²) in [4.78, 5) is 12.4. The topological polar surface area (TPSA) is 56.8 Å². The number of nitrogens with one attached hydrogen (secondary N) is 1. The van der Waals surface area contributed by atoms with Crippen molar-refractivity contribution < 1.29 is 27.8 Å². The number of benzene rings is 3. The molecule has 0 bridgehead atoms. The van der Waals surface area contributed by atoms with E-state index in [0.29, 0.717) is 12.4 Å². The molecule has 0 aromatic heterocycles. The molecule has 3 rings (SSSR count). The number of ether oxygens (including phenoxy) is 3. The maximum atomic E-state index is 12.4. The number of amides is 1. The van der Waals surface area contributed by atoms with Crippen molar-refractivity contribution in [3.05, 3.63) is 89.5 Å². The van der Waals surface area contributed by atoms with Crippen molar-refractivity contribution in [1.29, 1.82) is 0 Å². The number of hydrogen-bond donors (Lipinski definition) is 1. The Morgan fingerprint density at radius 1 is 0.933 bits per heavy atom. The Morgan fingerprint density at radius 3 is 2.43 bits per heavy atom. The molecule has 1 N–H and O–H groups in total. The second-order valence-electron chi connectivity index (χ2n) is 6.35. The predicted molar refractivity (Wildman–Crippen MR) is 108 cm³/mol. The van der Waals surface area contributed by atoms with Crippen LogP contribution in [0.2, 0.25) is 0 Å². The van der Waals surface area contributed by atoms with Gasteiger partial charge in [-0.1, -0.05) is 42.5 Å². The Hall–Kier alpha value is -3.61. The van der Waals surface area contributed by atoms with E-state index in [-0.39, 0.29) is 29.5 Å². The van der Waals surface area contributed by atoms with E-state index < -0.39 is 6.61 Å². The fraction of sp³-hybridized carbons (Fsp3) is 0.174. The van der Waals surface area contributed by atoms with E-state index in [0.717, 1.165) is 11.1 Å². The Kier molecular flexibility index (Phi) is 7.21. The lowest BCUT2D eigenvalue weighted by Crippen LogP contribution is -2.22. The molecule has 3 aromatic carbocycles. The normalized spacial score (nSPS) is 10.5. The highest BCUT2D eigenvalue weighted by Gasteiger charge is 2.14. The zero-order valence-corrected chi connectivity index (χ0v) is 16.3. The summed E-state index contributed by atoms with van der Waals surface area (Å²) in [5.41, 5.74) is 2.19. The molecule has 156 valence electrons. The lowest BCUT2D eigenvalue weighted by atomic mass is 10.1. The molecule has 0 heterocycles. The molecule has 30 heavy (non-hydrogen) atoms. The van der Waals surface area contributed by atoms with Crippen molar-refractivity contribution >= 4 is 5.91 Å². The molecule has 0 unspecified atom stereocenters. The van der Waals surface area contributed by atoms with E-state index in [4.69, 9.17) is 9.47 Å². The highest BCUT2D eigenvalue weighted by atomic mass is 19.3. The smallest absolute Gasteiger partial charge is 0.387 e. The molecule has 1 amide bonds. The molecule has 3 aromatic rings. The van der Waals surface area contributed by atoms with Gasteiger partial charge in [-0.05, 0) is 41.5 Å². The minimum Gasteiger partial charge on any atom is -0.493 e. The van der Waals surface area contributed by atoms with Crippen LogP contribution in [0.3, 0.4) is 0 Å². The third kappa shape index (κ3) is 5.94. The number of methoxy groups -OCH3 is 1. The van der Waals surface area contributed by atoms with Gasteiger partial charge in [0.25, 0.3) is 5.91 Å². The lowest BCUT2D eigenvalue weighted by Gasteiger charge is -2.12. The van der Waals surface area contributed by atoms with Gasteiger partial charge in [-0.25, -0.2) is 0 Å². The first-order chi connectivity index (χ1) is 14.5. The van der Waals surface area contributed by atoms with Crippen molar-refractivity contribution in [2.45, 2.75) is 19.8 Å². The van der Waals surface area contributed by atoms with E-state index in [1.165, 1.54) is 25.3 Å². The van der Waals surface area contributed by atoms with Crippen LogP contribution in [0.1, 0.15) is 21.5 Å². The summed E-state index contributed by atoms with van der Waals surface area (Å²) in [6.07, 6.45) is 0. The zero-order chi connectivity index (χ0) is 21.3. The van der Waals surface area contributed by atoms with E-state index >= 15 is 0 Å². The SMILES string of the molecule is COc1cc(C(=O)NCc2cccc(OCc3ccccc3)c2)ccc1OC(F)F. The number of halogens is 2. The van der Waals surface area contributed by atoms with Crippen LogP contribution in [0.25, 0.3) is 0 Å². The molecule has 0 fully saturated rings. The molecular weight excluding hydrogens is 392 g/mol. The molecule has 0 saturated heterocycles. The summed E-state index contributed by atoms with van der Waals surface area (Å²) >= 11 is 0. The van der Waals surface area contributed by atoms with Crippen LogP contribution in [0.4, 0.5) is 8.78 Å². The van der Waals surface area contributed by atoms with Crippen molar-refractivity contribution in [1.82, 2.24) is 5.32 Å². The number of rotatable bonds is 9. The van der Waals surface area contributed by atoms with Gasteiger partial charge in [0.2, 0.25) is 0 Å². The molecule has 0 spiro atoms. The molecular formula is C23H21F2NO4. The minimum absolute atomic E-state index is 0.0549. The molecule has 0 saturated carbocycles. The fourth-order valence-electron chi connectivity index (χ4n) is 2.77. The van der Waals surface area contributed by atoms with Crippen molar-refractivity contribution in [3.8, 4) is 17.2 Å². The number of alkyl halides is 2. The first kappa shape index (κ1) is 21.1. The fourth-order valence-corrected chi connectivity index (χ4v) is 2.77. The summed E-state index contributed by atoms with van der Waals surface area (Å²) in [7, 11) is 1.32. The van der Waals surface area contributed by atoms with Crippen LogP contribution in [0, 0.1) is 0 Å². The quantitative estimate of drug-likeness (QED) is 0.547. The van der Waals surface area contributed by atoms with Crippen molar-refractivity contribution in [2.24, 2.45) is 0 Å². The Balaban J connectivity index is 1.59. The third-order valence-electron chi connectivity index (χ3n) is 4.24. The maximum Gasteiger partial charge on any atom is 0.387 e. The average molecular weight is 413 g/mol.